The first-order chi connectivity index (χ1) is 14.4. The fourth-order valence-corrected chi connectivity index (χ4v) is 4.32. The third kappa shape index (κ3) is 4.17. The first kappa shape index (κ1) is 20.4. The van der Waals surface area contributed by atoms with Gasteiger partial charge >= 0.3 is 0 Å². The molecule has 1 aliphatic rings. The minimum atomic E-state index is -3.91. The number of halogens is 1. The van der Waals surface area contributed by atoms with Gasteiger partial charge in [0.05, 0.1) is 12.0 Å². The summed E-state index contributed by atoms with van der Waals surface area (Å²) in [5.41, 5.74) is 3.14. The fraction of sp³-hybridized carbons (Fsp3) is 0.217. The van der Waals surface area contributed by atoms with E-state index in [1.165, 1.54) is 18.2 Å². The van der Waals surface area contributed by atoms with Gasteiger partial charge in [0.1, 0.15) is 18.5 Å². The quantitative estimate of drug-likeness (QED) is 0.541. The molecule has 0 bridgehead atoms. The maximum absolute atomic E-state index is 14.7. The highest BCUT2D eigenvalue weighted by Gasteiger charge is 2.29. The van der Waals surface area contributed by atoms with Crippen LogP contribution in [0.25, 0.3) is 11.1 Å². The summed E-state index contributed by atoms with van der Waals surface area (Å²) < 4.78 is 55.4. The number of hydrogen-bond donors (Lipinski definition) is 0. The molecule has 0 spiro atoms. The lowest BCUT2D eigenvalue weighted by Crippen LogP contribution is -2.23. The molecule has 1 unspecified atom stereocenters. The zero-order valence-electron chi connectivity index (χ0n) is 16.6. The van der Waals surface area contributed by atoms with Crippen molar-refractivity contribution in [1.29, 1.82) is 0 Å². The molecular formula is C23H21FO5S. The Hall–Kier alpha value is -2.90. The average Bonchev–Trinajstić information content (AvgIpc) is 3.16. The Labute approximate surface area is 175 Å². The highest BCUT2D eigenvalue weighted by atomic mass is 32.2. The van der Waals surface area contributed by atoms with Crippen molar-refractivity contribution in [3.63, 3.8) is 0 Å². The largest absolute Gasteiger partial charge is 0.497 e. The molecule has 0 aliphatic carbocycles. The van der Waals surface area contributed by atoms with Crippen molar-refractivity contribution in [1.82, 2.24) is 0 Å². The Morgan fingerprint density at radius 1 is 1.07 bits per heavy atom. The zero-order chi connectivity index (χ0) is 21.3. The summed E-state index contributed by atoms with van der Waals surface area (Å²) in [7, 11) is -2.33. The predicted octanol–water partition coefficient (Wildman–Crippen LogP) is 4.52. The van der Waals surface area contributed by atoms with Crippen LogP contribution in [0.5, 0.6) is 11.5 Å². The topological polar surface area (TPSA) is 61.8 Å². The second-order valence-electron chi connectivity index (χ2n) is 7.17. The van der Waals surface area contributed by atoms with Gasteiger partial charge < -0.3 is 9.47 Å². The number of fused-ring (bicyclic) bond motifs is 1. The van der Waals surface area contributed by atoms with E-state index in [1.807, 2.05) is 37.3 Å². The van der Waals surface area contributed by atoms with Crippen LogP contribution in [0.15, 0.2) is 65.6 Å². The van der Waals surface area contributed by atoms with Gasteiger partial charge in [-0.05, 0) is 54.4 Å². The van der Waals surface area contributed by atoms with Gasteiger partial charge in [-0.2, -0.15) is 8.42 Å². The molecular weight excluding hydrogens is 407 g/mol. The number of rotatable bonds is 6. The average molecular weight is 428 g/mol. The Morgan fingerprint density at radius 3 is 2.57 bits per heavy atom. The Balaban J connectivity index is 1.49. The van der Waals surface area contributed by atoms with Crippen LogP contribution >= 0.6 is 0 Å². The van der Waals surface area contributed by atoms with Crippen molar-refractivity contribution < 1.29 is 26.5 Å². The molecule has 0 saturated heterocycles. The lowest BCUT2D eigenvalue weighted by atomic mass is 10.0. The van der Waals surface area contributed by atoms with Crippen molar-refractivity contribution >= 4 is 10.1 Å². The molecule has 156 valence electrons. The minimum absolute atomic E-state index is 0.0788. The van der Waals surface area contributed by atoms with Crippen molar-refractivity contribution in [3.05, 3.63) is 77.6 Å². The van der Waals surface area contributed by atoms with E-state index < -0.39 is 22.0 Å². The first-order valence-electron chi connectivity index (χ1n) is 9.45. The van der Waals surface area contributed by atoms with Crippen molar-refractivity contribution in [3.8, 4) is 22.6 Å². The summed E-state index contributed by atoms with van der Waals surface area (Å²) in [6.07, 6.45) is -0.233. The fourth-order valence-electron chi connectivity index (χ4n) is 3.39. The molecule has 0 saturated carbocycles. The molecule has 0 amide bonds. The van der Waals surface area contributed by atoms with Gasteiger partial charge in [-0.15, -0.1) is 0 Å². The molecule has 1 atom stereocenters. The maximum Gasteiger partial charge on any atom is 0.297 e. The lowest BCUT2D eigenvalue weighted by Gasteiger charge is -2.12. The molecule has 0 N–H and O–H groups in total. The summed E-state index contributed by atoms with van der Waals surface area (Å²) in [5.74, 6) is 0.328. The highest BCUT2D eigenvalue weighted by Crippen LogP contribution is 2.36. The van der Waals surface area contributed by atoms with E-state index in [0.29, 0.717) is 23.3 Å². The van der Waals surface area contributed by atoms with Crippen LogP contribution in [0.3, 0.4) is 0 Å². The van der Waals surface area contributed by atoms with Gasteiger partial charge in [-0.1, -0.05) is 29.8 Å². The van der Waals surface area contributed by atoms with E-state index in [0.717, 1.165) is 11.1 Å². The molecule has 0 fully saturated rings. The summed E-state index contributed by atoms with van der Waals surface area (Å²) in [6, 6.07) is 17.0. The molecule has 0 aromatic heterocycles. The van der Waals surface area contributed by atoms with Gasteiger partial charge in [0.2, 0.25) is 0 Å². The van der Waals surface area contributed by atoms with E-state index in [1.54, 1.807) is 19.2 Å². The monoisotopic (exact) mass is 428 g/mol. The van der Waals surface area contributed by atoms with Crippen LogP contribution in [-0.4, -0.2) is 28.2 Å². The SMILES string of the molecule is COc1cccc(-c2cc(F)c3c(c2)CC(COS(=O)(=O)c2ccc(C)cc2)O3)c1. The van der Waals surface area contributed by atoms with Crippen LogP contribution in [0.4, 0.5) is 4.39 Å². The second kappa shape index (κ2) is 8.08. The van der Waals surface area contributed by atoms with E-state index in [9.17, 15) is 12.8 Å². The molecule has 1 aliphatic heterocycles. The summed E-state index contributed by atoms with van der Waals surface area (Å²) in [5, 5.41) is 0. The van der Waals surface area contributed by atoms with Crippen molar-refractivity contribution in [2.24, 2.45) is 0 Å². The van der Waals surface area contributed by atoms with Gasteiger partial charge in [0.15, 0.2) is 11.6 Å². The van der Waals surface area contributed by atoms with Gasteiger partial charge in [-0.25, -0.2) is 4.39 Å². The molecule has 7 heteroatoms. The Morgan fingerprint density at radius 2 is 1.83 bits per heavy atom. The maximum atomic E-state index is 14.7. The number of aryl methyl sites for hydroxylation is 1. The second-order valence-corrected chi connectivity index (χ2v) is 8.79. The van der Waals surface area contributed by atoms with Crippen LogP contribution < -0.4 is 9.47 Å². The Bertz CT molecular complexity index is 1170. The lowest BCUT2D eigenvalue weighted by molar-refractivity contribution is 0.148. The van der Waals surface area contributed by atoms with Gasteiger partial charge in [0.25, 0.3) is 10.1 Å². The van der Waals surface area contributed by atoms with Crippen molar-refractivity contribution in [2.45, 2.75) is 24.3 Å². The van der Waals surface area contributed by atoms with E-state index in [4.69, 9.17) is 13.7 Å². The number of methoxy groups -OCH3 is 1. The van der Waals surface area contributed by atoms with Crippen LogP contribution in [-0.2, 0) is 20.7 Å². The number of ether oxygens (including phenoxy) is 2. The van der Waals surface area contributed by atoms with Gasteiger partial charge in [-0.3, -0.25) is 4.18 Å². The molecule has 30 heavy (non-hydrogen) atoms. The molecule has 5 nitrogen and oxygen atoms in total. The molecule has 3 aromatic carbocycles. The Kier molecular flexibility index (Phi) is 5.49. The normalized spacial score (nSPS) is 15.5. The predicted molar refractivity (Wildman–Crippen MR) is 111 cm³/mol. The summed E-state index contributed by atoms with van der Waals surface area (Å²) in [6.45, 7) is 1.67. The number of benzene rings is 3. The smallest absolute Gasteiger partial charge is 0.297 e. The third-order valence-electron chi connectivity index (χ3n) is 4.97. The molecule has 1 heterocycles. The molecule has 4 rings (SSSR count). The molecule has 0 radical (unpaired) electrons. The van der Waals surface area contributed by atoms with Crippen molar-refractivity contribution in [2.75, 3.05) is 13.7 Å². The first-order valence-corrected chi connectivity index (χ1v) is 10.9. The van der Waals surface area contributed by atoms with E-state index >= 15 is 0 Å². The minimum Gasteiger partial charge on any atom is -0.497 e. The van der Waals surface area contributed by atoms with Crippen LogP contribution in [0, 0.1) is 12.7 Å². The third-order valence-corrected chi connectivity index (χ3v) is 6.27. The highest BCUT2D eigenvalue weighted by molar-refractivity contribution is 7.86. The molecule has 3 aromatic rings. The van der Waals surface area contributed by atoms with Crippen LogP contribution in [0.2, 0.25) is 0 Å². The van der Waals surface area contributed by atoms with Crippen LogP contribution in [0.1, 0.15) is 11.1 Å². The van der Waals surface area contributed by atoms with E-state index in [-0.39, 0.29) is 17.3 Å². The summed E-state index contributed by atoms with van der Waals surface area (Å²) >= 11 is 0. The zero-order valence-corrected chi connectivity index (χ0v) is 17.4. The van der Waals surface area contributed by atoms with E-state index in [2.05, 4.69) is 0 Å². The van der Waals surface area contributed by atoms with Gasteiger partial charge in [0, 0.05) is 12.0 Å². The number of hydrogen-bond acceptors (Lipinski definition) is 5. The standard InChI is InChI=1S/C23H21FO5S/c1-15-6-8-21(9-7-15)30(25,26)28-14-20-12-18-10-17(13-22(24)23(18)29-20)16-4-3-5-19(11-16)27-2/h3-11,13,20H,12,14H2,1-2H3. The summed E-state index contributed by atoms with van der Waals surface area (Å²) in [4.78, 5) is 0.0788.